The monoisotopic (exact) mass is 433 g/mol. The number of ether oxygens (including phenoxy) is 1. The standard InChI is InChI=1S/C23H20FN5O3/c1-13-7-19(24)18(22(30)27-16-4-5-16)8-17(13)15-9-26-29(12-15)21-10-25-20-6-3-14(11-28(20)21)23(31)32-2/h3,6-12,16H,4-5H2,1-2H3,(H,27,30). The van der Waals surface area contributed by atoms with E-state index in [9.17, 15) is 14.0 Å². The molecule has 9 heteroatoms. The molecule has 1 aliphatic rings. The fraction of sp³-hybridized carbons (Fsp3) is 0.217. The lowest BCUT2D eigenvalue weighted by atomic mass is 9.99. The van der Waals surface area contributed by atoms with E-state index in [2.05, 4.69) is 15.4 Å². The van der Waals surface area contributed by atoms with E-state index in [0.29, 0.717) is 28.2 Å². The maximum absolute atomic E-state index is 14.5. The molecule has 5 rings (SSSR count). The van der Waals surface area contributed by atoms with Crippen molar-refractivity contribution in [2.75, 3.05) is 7.11 Å². The van der Waals surface area contributed by atoms with Gasteiger partial charge in [0, 0.05) is 24.0 Å². The van der Waals surface area contributed by atoms with Crippen molar-refractivity contribution in [3.05, 3.63) is 71.6 Å². The van der Waals surface area contributed by atoms with Gasteiger partial charge in [0.05, 0.1) is 30.6 Å². The molecule has 1 N–H and O–H groups in total. The fourth-order valence-electron chi connectivity index (χ4n) is 3.61. The second kappa shape index (κ2) is 7.60. The molecular formula is C23H20FN5O3. The zero-order valence-corrected chi connectivity index (χ0v) is 17.5. The number of halogens is 1. The Labute approximate surface area is 182 Å². The van der Waals surface area contributed by atoms with E-state index >= 15 is 0 Å². The average molecular weight is 433 g/mol. The van der Waals surface area contributed by atoms with E-state index in [-0.39, 0.29) is 11.6 Å². The van der Waals surface area contributed by atoms with E-state index in [1.807, 2.05) is 0 Å². The summed E-state index contributed by atoms with van der Waals surface area (Å²) in [5, 5.41) is 7.25. The van der Waals surface area contributed by atoms with Crippen LogP contribution in [-0.4, -0.2) is 44.2 Å². The Hall–Kier alpha value is -4.01. The highest BCUT2D eigenvalue weighted by atomic mass is 19.1. The number of imidazole rings is 1. The van der Waals surface area contributed by atoms with Crippen LogP contribution in [0.1, 0.15) is 39.1 Å². The maximum atomic E-state index is 14.5. The van der Waals surface area contributed by atoms with Crippen molar-refractivity contribution in [1.82, 2.24) is 24.5 Å². The van der Waals surface area contributed by atoms with E-state index in [1.54, 1.807) is 59.0 Å². The zero-order chi connectivity index (χ0) is 22.4. The van der Waals surface area contributed by atoms with Gasteiger partial charge < -0.3 is 10.1 Å². The van der Waals surface area contributed by atoms with Gasteiger partial charge in [-0.25, -0.2) is 18.9 Å². The number of carbonyl (C=O) groups is 2. The minimum absolute atomic E-state index is 0.0165. The van der Waals surface area contributed by atoms with Crippen molar-refractivity contribution >= 4 is 17.5 Å². The number of esters is 1. The number of aromatic nitrogens is 4. The molecule has 0 aliphatic heterocycles. The molecule has 1 saturated carbocycles. The molecule has 1 aliphatic carbocycles. The highest BCUT2D eigenvalue weighted by Crippen LogP contribution is 2.28. The fourth-order valence-corrected chi connectivity index (χ4v) is 3.61. The Kier molecular flexibility index (Phi) is 4.73. The molecule has 0 bridgehead atoms. The summed E-state index contributed by atoms with van der Waals surface area (Å²) in [5.74, 6) is -0.792. The SMILES string of the molecule is COC(=O)c1ccc2ncc(-n3cc(-c4cc(C(=O)NC5CC5)c(F)cc4C)cn3)n2c1. The molecule has 3 heterocycles. The number of hydrogen-bond acceptors (Lipinski definition) is 5. The van der Waals surface area contributed by atoms with Crippen LogP contribution in [0, 0.1) is 12.7 Å². The molecule has 1 fully saturated rings. The summed E-state index contributed by atoms with van der Waals surface area (Å²) < 4.78 is 22.6. The Balaban J connectivity index is 1.53. The van der Waals surface area contributed by atoms with Crippen LogP contribution < -0.4 is 5.32 Å². The molecule has 0 radical (unpaired) electrons. The Morgan fingerprint density at radius 3 is 2.75 bits per heavy atom. The first kappa shape index (κ1) is 19.9. The molecule has 162 valence electrons. The number of rotatable bonds is 5. The van der Waals surface area contributed by atoms with Gasteiger partial charge in [0.2, 0.25) is 0 Å². The first-order valence-electron chi connectivity index (χ1n) is 10.2. The van der Waals surface area contributed by atoms with E-state index in [4.69, 9.17) is 4.74 Å². The van der Waals surface area contributed by atoms with Gasteiger partial charge in [0.1, 0.15) is 11.5 Å². The number of pyridine rings is 1. The lowest BCUT2D eigenvalue weighted by Gasteiger charge is -2.09. The number of fused-ring (bicyclic) bond motifs is 1. The minimum atomic E-state index is -0.547. The van der Waals surface area contributed by atoms with Crippen molar-refractivity contribution in [2.24, 2.45) is 0 Å². The third-order valence-corrected chi connectivity index (χ3v) is 5.51. The number of nitrogens with zero attached hydrogens (tertiary/aromatic N) is 4. The first-order valence-corrected chi connectivity index (χ1v) is 10.2. The van der Waals surface area contributed by atoms with Crippen molar-refractivity contribution in [1.29, 1.82) is 0 Å². The van der Waals surface area contributed by atoms with Crippen LogP contribution in [0.3, 0.4) is 0 Å². The second-order valence-electron chi connectivity index (χ2n) is 7.82. The van der Waals surface area contributed by atoms with Gasteiger partial charge in [-0.3, -0.25) is 9.20 Å². The van der Waals surface area contributed by atoms with Crippen LogP contribution in [0.5, 0.6) is 0 Å². The predicted octanol–water partition coefficient (Wildman–Crippen LogP) is 3.31. The molecular weight excluding hydrogens is 413 g/mol. The van der Waals surface area contributed by atoms with E-state index < -0.39 is 17.7 Å². The maximum Gasteiger partial charge on any atom is 0.339 e. The Morgan fingerprint density at radius 1 is 1.19 bits per heavy atom. The van der Waals surface area contributed by atoms with Gasteiger partial charge >= 0.3 is 5.97 Å². The molecule has 0 saturated heterocycles. The van der Waals surface area contributed by atoms with Crippen LogP contribution in [0.4, 0.5) is 4.39 Å². The third kappa shape index (κ3) is 3.51. The van der Waals surface area contributed by atoms with Gasteiger partial charge in [-0.2, -0.15) is 5.10 Å². The Bertz CT molecular complexity index is 1370. The van der Waals surface area contributed by atoms with Crippen LogP contribution >= 0.6 is 0 Å². The summed E-state index contributed by atoms with van der Waals surface area (Å²) in [6.07, 6.45) is 8.54. The van der Waals surface area contributed by atoms with Crippen LogP contribution in [0.2, 0.25) is 0 Å². The van der Waals surface area contributed by atoms with Gasteiger partial charge in [0.15, 0.2) is 5.82 Å². The lowest BCUT2D eigenvalue weighted by Crippen LogP contribution is -2.26. The van der Waals surface area contributed by atoms with Gasteiger partial charge in [-0.05, 0) is 55.2 Å². The van der Waals surface area contributed by atoms with Crippen molar-refractivity contribution in [3.63, 3.8) is 0 Å². The quantitative estimate of drug-likeness (QED) is 0.488. The first-order chi connectivity index (χ1) is 15.4. The number of hydrogen-bond donors (Lipinski definition) is 1. The minimum Gasteiger partial charge on any atom is -0.465 e. The van der Waals surface area contributed by atoms with Crippen LogP contribution in [-0.2, 0) is 4.74 Å². The number of nitrogens with one attached hydrogen (secondary N) is 1. The topological polar surface area (TPSA) is 90.5 Å². The highest BCUT2D eigenvalue weighted by Gasteiger charge is 2.25. The van der Waals surface area contributed by atoms with Crippen LogP contribution in [0.25, 0.3) is 22.6 Å². The third-order valence-electron chi connectivity index (χ3n) is 5.51. The van der Waals surface area contributed by atoms with Gasteiger partial charge in [-0.15, -0.1) is 0 Å². The normalized spacial score (nSPS) is 13.3. The molecule has 0 spiro atoms. The molecule has 8 nitrogen and oxygen atoms in total. The van der Waals surface area contributed by atoms with E-state index in [1.165, 1.54) is 13.2 Å². The average Bonchev–Trinajstić information content (AvgIpc) is 3.30. The predicted molar refractivity (Wildman–Crippen MR) is 114 cm³/mol. The van der Waals surface area contributed by atoms with Gasteiger partial charge in [0.25, 0.3) is 5.91 Å². The highest BCUT2D eigenvalue weighted by molar-refractivity contribution is 5.96. The Morgan fingerprint density at radius 2 is 2.00 bits per heavy atom. The number of amides is 1. The second-order valence-corrected chi connectivity index (χ2v) is 7.82. The smallest absolute Gasteiger partial charge is 0.339 e. The summed E-state index contributed by atoms with van der Waals surface area (Å²) >= 11 is 0. The van der Waals surface area contributed by atoms with E-state index in [0.717, 1.165) is 18.4 Å². The van der Waals surface area contributed by atoms with Crippen molar-refractivity contribution in [3.8, 4) is 16.9 Å². The lowest BCUT2D eigenvalue weighted by molar-refractivity contribution is 0.0600. The molecule has 1 amide bonds. The van der Waals surface area contributed by atoms with Gasteiger partial charge in [-0.1, -0.05) is 0 Å². The molecule has 32 heavy (non-hydrogen) atoms. The number of benzene rings is 1. The summed E-state index contributed by atoms with van der Waals surface area (Å²) in [6.45, 7) is 1.79. The molecule has 0 atom stereocenters. The molecule has 1 aromatic carbocycles. The number of carbonyl (C=O) groups excluding carboxylic acids is 2. The summed E-state index contributed by atoms with van der Waals surface area (Å²) in [4.78, 5) is 28.7. The molecule has 0 unspecified atom stereocenters. The van der Waals surface area contributed by atoms with Crippen molar-refractivity contribution in [2.45, 2.75) is 25.8 Å². The molecule has 3 aromatic heterocycles. The largest absolute Gasteiger partial charge is 0.465 e. The van der Waals surface area contributed by atoms with Crippen molar-refractivity contribution < 1.29 is 18.7 Å². The number of aryl methyl sites for hydroxylation is 1. The molecule has 4 aromatic rings. The summed E-state index contributed by atoms with van der Waals surface area (Å²) in [6, 6.07) is 6.43. The summed E-state index contributed by atoms with van der Waals surface area (Å²) in [7, 11) is 1.32. The zero-order valence-electron chi connectivity index (χ0n) is 17.5. The number of methoxy groups -OCH3 is 1. The van der Waals surface area contributed by atoms with Crippen LogP contribution in [0.15, 0.2) is 49.1 Å². The summed E-state index contributed by atoms with van der Waals surface area (Å²) in [5.41, 5.74) is 3.16.